The molecule has 2 heterocycles. The Labute approximate surface area is 91.7 Å². The molecule has 0 aliphatic carbocycles. The lowest BCUT2D eigenvalue weighted by Gasteiger charge is -2.35. The molecule has 0 bridgehead atoms. The van der Waals surface area contributed by atoms with Crippen LogP contribution in [0.15, 0.2) is 5.38 Å². The van der Waals surface area contributed by atoms with Gasteiger partial charge < -0.3 is 10.4 Å². The van der Waals surface area contributed by atoms with Crippen LogP contribution in [-0.2, 0) is 11.3 Å². The number of likely N-dealkylation sites (tertiary alicyclic amines) is 1. The van der Waals surface area contributed by atoms with E-state index in [0.29, 0.717) is 18.2 Å². The summed E-state index contributed by atoms with van der Waals surface area (Å²) in [7, 11) is 0. The van der Waals surface area contributed by atoms with Gasteiger partial charge in [-0.25, -0.2) is 4.98 Å². The second-order valence-electron chi connectivity index (χ2n) is 3.67. The molecular formula is C9H13N3O2S. The summed E-state index contributed by atoms with van der Waals surface area (Å²) in [5, 5.41) is 14.3. The quantitative estimate of drug-likeness (QED) is 0.778. The van der Waals surface area contributed by atoms with E-state index in [0.717, 1.165) is 12.2 Å². The zero-order valence-electron chi connectivity index (χ0n) is 8.43. The first-order chi connectivity index (χ1) is 7.13. The van der Waals surface area contributed by atoms with Gasteiger partial charge in [-0.2, -0.15) is 0 Å². The topological polar surface area (TPSA) is 65.5 Å². The van der Waals surface area contributed by atoms with Crippen LogP contribution in [0.5, 0.6) is 0 Å². The van der Waals surface area contributed by atoms with E-state index in [2.05, 4.69) is 15.2 Å². The molecule has 0 radical (unpaired) electrons. The average Bonchev–Trinajstić information content (AvgIpc) is 2.48. The van der Waals surface area contributed by atoms with Gasteiger partial charge in [-0.05, 0) is 0 Å². The molecule has 1 aliphatic heterocycles. The van der Waals surface area contributed by atoms with Gasteiger partial charge in [-0.1, -0.05) is 0 Å². The Hall–Kier alpha value is -0.980. The van der Waals surface area contributed by atoms with Crippen molar-refractivity contribution in [1.29, 1.82) is 0 Å². The number of hydrogen-bond acceptors (Lipinski definition) is 5. The Kier molecular flexibility index (Phi) is 2.99. The summed E-state index contributed by atoms with van der Waals surface area (Å²) in [5.41, 5.74) is 0.940. The molecule has 1 amide bonds. The zero-order chi connectivity index (χ0) is 10.8. The summed E-state index contributed by atoms with van der Waals surface area (Å²) < 4.78 is 0. The van der Waals surface area contributed by atoms with E-state index >= 15 is 0 Å². The molecule has 0 saturated carbocycles. The summed E-state index contributed by atoms with van der Waals surface area (Å²) in [4.78, 5) is 17.1. The molecule has 0 atom stereocenters. The Balaban J connectivity index is 1.87. The van der Waals surface area contributed by atoms with E-state index in [9.17, 15) is 4.79 Å². The number of amides is 1. The van der Waals surface area contributed by atoms with Crippen molar-refractivity contribution in [3.63, 3.8) is 0 Å². The van der Waals surface area contributed by atoms with Crippen LogP contribution in [0, 0.1) is 0 Å². The maximum Gasteiger partial charge on any atom is 0.223 e. The molecule has 1 saturated heterocycles. The normalized spacial score (nSPS) is 17.5. The number of hydrogen-bond donors (Lipinski definition) is 2. The van der Waals surface area contributed by atoms with Crippen molar-refractivity contribution in [2.24, 2.45) is 0 Å². The summed E-state index contributed by atoms with van der Waals surface area (Å²) in [6.45, 7) is 3.64. The maximum atomic E-state index is 10.8. The van der Waals surface area contributed by atoms with Crippen molar-refractivity contribution in [2.45, 2.75) is 19.6 Å². The number of aromatic nitrogens is 1. The third-order valence-electron chi connectivity index (χ3n) is 2.16. The molecule has 1 aliphatic rings. The molecule has 0 aromatic carbocycles. The fraction of sp³-hybridized carbons (Fsp3) is 0.556. The Morgan fingerprint density at radius 1 is 1.80 bits per heavy atom. The van der Waals surface area contributed by atoms with Gasteiger partial charge >= 0.3 is 0 Å². The highest BCUT2D eigenvalue weighted by atomic mass is 32.1. The van der Waals surface area contributed by atoms with Crippen LogP contribution in [0.25, 0.3) is 0 Å². The maximum absolute atomic E-state index is 10.8. The van der Waals surface area contributed by atoms with Gasteiger partial charge in [0.25, 0.3) is 0 Å². The molecule has 1 aromatic heterocycles. The predicted octanol–water partition coefficient (Wildman–Crippen LogP) is 0.278. The summed E-state index contributed by atoms with van der Waals surface area (Å²) in [5.74, 6) is -0.102. The Bertz CT molecular complexity index is 360. The standard InChI is InChI=1S/C9H13N3O2S/c1-6(13)10-9-11-7(5-15-9)2-12-3-8(14)4-12/h5,8,14H,2-4H2,1H3,(H,10,11,13). The van der Waals surface area contributed by atoms with Crippen LogP contribution in [0.1, 0.15) is 12.6 Å². The lowest BCUT2D eigenvalue weighted by molar-refractivity contribution is -0.114. The van der Waals surface area contributed by atoms with E-state index in [1.54, 1.807) is 0 Å². The van der Waals surface area contributed by atoms with Gasteiger partial charge in [-0.3, -0.25) is 9.69 Å². The number of aliphatic hydroxyl groups excluding tert-OH is 1. The zero-order valence-corrected chi connectivity index (χ0v) is 9.25. The van der Waals surface area contributed by atoms with Gasteiger partial charge in [0.05, 0.1) is 11.8 Å². The van der Waals surface area contributed by atoms with Crippen molar-refractivity contribution in [2.75, 3.05) is 18.4 Å². The highest BCUT2D eigenvalue weighted by Crippen LogP contribution is 2.18. The molecule has 0 spiro atoms. The van der Waals surface area contributed by atoms with Crippen LogP contribution in [0.4, 0.5) is 5.13 Å². The monoisotopic (exact) mass is 227 g/mol. The lowest BCUT2D eigenvalue weighted by atomic mass is 10.2. The Morgan fingerprint density at radius 3 is 3.13 bits per heavy atom. The number of aliphatic hydroxyl groups is 1. The van der Waals surface area contributed by atoms with Gasteiger partial charge in [0.2, 0.25) is 5.91 Å². The number of thiazole rings is 1. The van der Waals surface area contributed by atoms with E-state index in [-0.39, 0.29) is 12.0 Å². The van der Waals surface area contributed by atoms with Crippen LogP contribution in [0.3, 0.4) is 0 Å². The van der Waals surface area contributed by atoms with Crippen molar-refractivity contribution in [3.8, 4) is 0 Å². The van der Waals surface area contributed by atoms with E-state index < -0.39 is 0 Å². The first kappa shape index (κ1) is 10.5. The highest BCUT2D eigenvalue weighted by molar-refractivity contribution is 7.13. The molecule has 0 unspecified atom stereocenters. The SMILES string of the molecule is CC(=O)Nc1nc(CN2CC(O)C2)cs1. The van der Waals surface area contributed by atoms with Crippen molar-refractivity contribution < 1.29 is 9.90 Å². The summed E-state index contributed by atoms with van der Waals surface area (Å²) in [6, 6.07) is 0. The number of carbonyl (C=O) groups excluding carboxylic acids is 1. The van der Waals surface area contributed by atoms with Crippen molar-refractivity contribution in [1.82, 2.24) is 9.88 Å². The number of carbonyl (C=O) groups is 1. The van der Waals surface area contributed by atoms with Crippen molar-refractivity contribution in [3.05, 3.63) is 11.1 Å². The second kappa shape index (κ2) is 4.26. The van der Waals surface area contributed by atoms with Gasteiger partial charge in [-0.15, -0.1) is 11.3 Å². The fourth-order valence-electron chi connectivity index (χ4n) is 1.49. The molecule has 82 valence electrons. The number of nitrogens with one attached hydrogen (secondary N) is 1. The van der Waals surface area contributed by atoms with Gasteiger partial charge in [0, 0.05) is 31.9 Å². The minimum absolute atomic E-state index is 0.102. The van der Waals surface area contributed by atoms with Crippen LogP contribution < -0.4 is 5.32 Å². The Morgan fingerprint density at radius 2 is 2.53 bits per heavy atom. The number of rotatable bonds is 3. The molecule has 6 heteroatoms. The third kappa shape index (κ3) is 2.74. The van der Waals surface area contributed by atoms with Crippen LogP contribution in [0.2, 0.25) is 0 Å². The molecule has 1 aromatic rings. The first-order valence-electron chi connectivity index (χ1n) is 4.76. The van der Waals surface area contributed by atoms with Gasteiger partial charge in [0.1, 0.15) is 0 Å². The molecule has 2 N–H and O–H groups in total. The predicted molar refractivity (Wildman–Crippen MR) is 57.7 cm³/mol. The molecule has 2 rings (SSSR count). The smallest absolute Gasteiger partial charge is 0.223 e. The van der Waals surface area contributed by atoms with Crippen LogP contribution >= 0.6 is 11.3 Å². The van der Waals surface area contributed by atoms with E-state index in [4.69, 9.17) is 5.11 Å². The number of β-amino-alcohol motifs (C(OH)–C–C–N with tert-alkyl or cyclic N) is 1. The number of nitrogens with zero attached hydrogens (tertiary/aromatic N) is 2. The fourth-order valence-corrected chi connectivity index (χ4v) is 2.24. The average molecular weight is 227 g/mol. The third-order valence-corrected chi connectivity index (χ3v) is 2.96. The molecule has 1 fully saturated rings. The summed E-state index contributed by atoms with van der Waals surface area (Å²) >= 11 is 1.42. The molecule has 5 nitrogen and oxygen atoms in total. The minimum atomic E-state index is -0.182. The first-order valence-corrected chi connectivity index (χ1v) is 5.64. The second-order valence-corrected chi connectivity index (χ2v) is 4.53. The van der Waals surface area contributed by atoms with E-state index in [1.165, 1.54) is 18.3 Å². The van der Waals surface area contributed by atoms with Crippen molar-refractivity contribution >= 4 is 22.4 Å². The molecule has 15 heavy (non-hydrogen) atoms. The van der Waals surface area contributed by atoms with Gasteiger partial charge in [0.15, 0.2) is 5.13 Å². The molecular weight excluding hydrogens is 214 g/mol. The lowest BCUT2D eigenvalue weighted by Crippen LogP contribution is -2.49. The van der Waals surface area contributed by atoms with E-state index in [1.807, 2.05) is 5.38 Å². The highest BCUT2D eigenvalue weighted by Gasteiger charge is 2.24. The van der Waals surface area contributed by atoms with Crippen LogP contribution in [-0.4, -0.2) is 40.1 Å². The number of anilines is 1. The summed E-state index contributed by atoms with van der Waals surface area (Å²) in [6.07, 6.45) is -0.182. The largest absolute Gasteiger partial charge is 0.390 e. The minimum Gasteiger partial charge on any atom is -0.390 e.